The maximum Gasteiger partial charge on any atom is 0.225 e. The lowest BCUT2D eigenvalue weighted by Gasteiger charge is -2.34. The molecule has 0 aromatic carbocycles. The number of hydrogen-bond acceptors (Lipinski definition) is 2. The first-order chi connectivity index (χ1) is 11.7. The first-order valence-corrected chi connectivity index (χ1v) is 10.3. The lowest BCUT2D eigenvalue weighted by atomic mass is 9.84. The second-order valence-electron chi connectivity index (χ2n) is 8.79. The Balaban J connectivity index is 1.20. The number of fused-ring (bicyclic) bond motifs is 2. The molecule has 2 bridgehead atoms. The molecule has 2 atom stereocenters. The minimum absolute atomic E-state index is 0.215. The molecule has 1 N–H and O–H groups in total. The van der Waals surface area contributed by atoms with Crippen LogP contribution in [0, 0.1) is 17.8 Å². The van der Waals surface area contributed by atoms with Crippen LogP contribution in [0.2, 0.25) is 0 Å². The van der Waals surface area contributed by atoms with Gasteiger partial charge in [-0.3, -0.25) is 9.59 Å². The molecule has 134 valence electrons. The standard InChI is InChI=1S/C20H32N2O2/c23-19(12-14-3-1-2-4-14)21-17-8-6-16(7-9-17)20(24)22-13-15-5-10-18(22)11-15/h14-18H,1-13H2,(H,21,23). The summed E-state index contributed by atoms with van der Waals surface area (Å²) in [4.78, 5) is 27.2. The fraction of sp³-hybridized carbons (Fsp3) is 0.900. The van der Waals surface area contributed by atoms with Gasteiger partial charge in [-0.05, 0) is 69.6 Å². The molecule has 4 rings (SSSR count). The highest BCUT2D eigenvalue weighted by atomic mass is 16.2. The molecule has 3 aliphatic carbocycles. The third kappa shape index (κ3) is 3.48. The van der Waals surface area contributed by atoms with Crippen LogP contribution >= 0.6 is 0 Å². The van der Waals surface area contributed by atoms with E-state index in [1.807, 2.05) is 0 Å². The van der Waals surface area contributed by atoms with Gasteiger partial charge < -0.3 is 10.2 Å². The number of piperidine rings is 1. The molecular weight excluding hydrogens is 300 g/mol. The van der Waals surface area contributed by atoms with Crippen molar-refractivity contribution < 1.29 is 9.59 Å². The van der Waals surface area contributed by atoms with E-state index in [2.05, 4.69) is 10.2 Å². The summed E-state index contributed by atoms with van der Waals surface area (Å²) in [7, 11) is 0. The molecule has 3 saturated carbocycles. The van der Waals surface area contributed by atoms with Crippen LogP contribution in [-0.4, -0.2) is 35.3 Å². The van der Waals surface area contributed by atoms with E-state index in [0.29, 0.717) is 23.9 Å². The molecule has 0 radical (unpaired) electrons. The smallest absolute Gasteiger partial charge is 0.225 e. The minimum Gasteiger partial charge on any atom is -0.353 e. The summed E-state index contributed by atoms with van der Waals surface area (Å²) in [5.74, 6) is 2.28. The van der Waals surface area contributed by atoms with Crippen LogP contribution in [-0.2, 0) is 9.59 Å². The summed E-state index contributed by atoms with van der Waals surface area (Å²) in [6, 6.07) is 0.851. The monoisotopic (exact) mass is 332 g/mol. The van der Waals surface area contributed by atoms with Gasteiger partial charge in [-0.15, -0.1) is 0 Å². The van der Waals surface area contributed by atoms with Gasteiger partial charge in [0.2, 0.25) is 11.8 Å². The highest BCUT2D eigenvalue weighted by Gasteiger charge is 2.42. The maximum atomic E-state index is 12.8. The van der Waals surface area contributed by atoms with Crippen molar-refractivity contribution in [2.45, 2.75) is 89.1 Å². The van der Waals surface area contributed by atoms with Crippen molar-refractivity contribution in [1.29, 1.82) is 0 Å². The van der Waals surface area contributed by atoms with Crippen molar-refractivity contribution in [1.82, 2.24) is 10.2 Å². The highest BCUT2D eigenvalue weighted by molar-refractivity contribution is 5.80. The average molecular weight is 332 g/mol. The Bertz CT molecular complexity index is 478. The van der Waals surface area contributed by atoms with Gasteiger partial charge in [-0.25, -0.2) is 0 Å². The predicted molar refractivity (Wildman–Crippen MR) is 93.3 cm³/mol. The van der Waals surface area contributed by atoms with Gasteiger partial charge in [0.1, 0.15) is 0 Å². The van der Waals surface area contributed by atoms with Gasteiger partial charge in [0.25, 0.3) is 0 Å². The highest BCUT2D eigenvalue weighted by Crippen LogP contribution is 2.39. The van der Waals surface area contributed by atoms with Crippen LogP contribution in [0.15, 0.2) is 0 Å². The Hall–Kier alpha value is -1.06. The molecule has 0 aromatic rings. The largest absolute Gasteiger partial charge is 0.353 e. The predicted octanol–water partition coefficient (Wildman–Crippen LogP) is 3.25. The van der Waals surface area contributed by atoms with Gasteiger partial charge in [-0.1, -0.05) is 12.8 Å². The van der Waals surface area contributed by atoms with Crippen LogP contribution in [0.5, 0.6) is 0 Å². The molecule has 4 heteroatoms. The molecule has 1 aliphatic heterocycles. The molecule has 1 heterocycles. The quantitative estimate of drug-likeness (QED) is 0.859. The third-order valence-electron chi connectivity index (χ3n) is 7.08. The van der Waals surface area contributed by atoms with Gasteiger partial charge in [0.15, 0.2) is 0 Å². The summed E-state index contributed by atoms with van der Waals surface area (Å²) in [5.41, 5.74) is 0. The lowest BCUT2D eigenvalue weighted by Crippen LogP contribution is -2.44. The molecule has 4 fully saturated rings. The normalized spacial score (nSPS) is 36.2. The fourth-order valence-electron chi connectivity index (χ4n) is 5.68. The number of nitrogens with one attached hydrogen (secondary N) is 1. The number of rotatable bonds is 4. The van der Waals surface area contributed by atoms with Crippen LogP contribution in [0.25, 0.3) is 0 Å². The van der Waals surface area contributed by atoms with Crippen LogP contribution in [0.1, 0.15) is 77.0 Å². The Morgan fingerprint density at radius 3 is 2.29 bits per heavy atom. The summed E-state index contributed by atoms with van der Waals surface area (Å²) < 4.78 is 0. The third-order valence-corrected chi connectivity index (χ3v) is 7.08. The van der Waals surface area contributed by atoms with Gasteiger partial charge in [-0.2, -0.15) is 0 Å². The molecule has 2 amide bonds. The molecular formula is C20H32N2O2. The maximum absolute atomic E-state index is 12.8. The lowest BCUT2D eigenvalue weighted by molar-refractivity contribution is -0.138. The van der Waals surface area contributed by atoms with E-state index in [0.717, 1.165) is 44.6 Å². The van der Waals surface area contributed by atoms with Crippen molar-refractivity contribution >= 4 is 11.8 Å². The summed E-state index contributed by atoms with van der Waals surface area (Å²) in [6.45, 7) is 1.02. The summed E-state index contributed by atoms with van der Waals surface area (Å²) in [5, 5.41) is 3.24. The van der Waals surface area contributed by atoms with Gasteiger partial charge in [0, 0.05) is 31.0 Å². The van der Waals surface area contributed by atoms with E-state index in [1.165, 1.54) is 44.9 Å². The second-order valence-corrected chi connectivity index (χ2v) is 8.79. The molecule has 2 unspecified atom stereocenters. The molecule has 24 heavy (non-hydrogen) atoms. The van der Waals surface area contributed by atoms with Crippen LogP contribution < -0.4 is 5.32 Å². The zero-order valence-electron chi connectivity index (χ0n) is 14.8. The van der Waals surface area contributed by atoms with E-state index < -0.39 is 0 Å². The van der Waals surface area contributed by atoms with E-state index >= 15 is 0 Å². The Kier molecular flexibility index (Phi) is 4.82. The number of hydrogen-bond donors (Lipinski definition) is 1. The van der Waals surface area contributed by atoms with Crippen molar-refractivity contribution in [2.24, 2.45) is 17.8 Å². The topological polar surface area (TPSA) is 49.4 Å². The minimum atomic E-state index is 0.215. The number of carbonyl (C=O) groups is 2. The van der Waals surface area contributed by atoms with Gasteiger partial charge >= 0.3 is 0 Å². The van der Waals surface area contributed by atoms with E-state index in [4.69, 9.17) is 0 Å². The SMILES string of the molecule is O=C(CC1CCCC1)NC1CCC(C(=O)N2CC3CCC2C3)CC1. The van der Waals surface area contributed by atoms with Gasteiger partial charge in [0.05, 0.1) is 0 Å². The van der Waals surface area contributed by atoms with Crippen molar-refractivity contribution in [3.63, 3.8) is 0 Å². The Labute approximate surface area is 145 Å². The second kappa shape index (κ2) is 7.05. The number of carbonyl (C=O) groups excluding carboxylic acids is 2. The number of likely N-dealkylation sites (tertiary alicyclic amines) is 1. The zero-order valence-corrected chi connectivity index (χ0v) is 14.8. The molecule has 0 spiro atoms. The van der Waals surface area contributed by atoms with E-state index in [-0.39, 0.29) is 11.8 Å². The molecule has 4 nitrogen and oxygen atoms in total. The van der Waals surface area contributed by atoms with Crippen LogP contribution in [0.4, 0.5) is 0 Å². The summed E-state index contributed by atoms with van der Waals surface area (Å²) in [6.07, 6.45) is 13.4. The summed E-state index contributed by atoms with van der Waals surface area (Å²) >= 11 is 0. The Morgan fingerprint density at radius 2 is 1.67 bits per heavy atom. The van der Waals surface area contributed by atoms with Crippen molar-refractivity contribution in [3.8, 4) is 0 Å². The Morgan fingerprint density at radius 1 is 0.917 bits per heavy atom. The van der Waals surface area contributed by atoms with Crippen LogP contribution in [0.3, 0.4) is 0 Å². The zero-order chi connectivity index (χ0) is 16.5. The first-order valence-electron chi connectivity index (χ1n) is 10.3. The molecule has 1 saturated heterocycles. The number of nitrogens with zero attached hydrogens (tertiary/aromatic N) is 1. The first kappa shape index (κ1) is 16.4. The molecule has 0 aromatic heterocycles. The average Bonchev–Trinajstić information content (AvgIpc) is 3.32. The molecule has 4 aliphatic rings. The number of amides is 2. The fourth-order valence-corrected chi connectivity index (χ4v) is 5.68. The van der Waals surface area contributed by atoms with Crippen molar-refractivity contribution in [3.05, 3.63) is 0 Å². The van der Waals surface area contributed by atoms with E-state index in [1.54, 1.807) is 0 Å². The van der Waals surface area contributed by atoms with E-state index in [9.17, 15) is 9.59 Å². The van der Waals surface area contributed by atoms with Crippen molar-refractivity contribution in [2.75, 3.05) is 6.54 Å².